The standard InChI is InChI=1S/C10H10ClF4N/c1-6(16-5-10(13,14)15)7-2-3-9(12)8(11)4-7/h2-4,6,16H,5H2,1H3. The number of hydrogen-bond acceptors (Lipinski definition) is 1. The molecule has 0 fully saturated rings. The molecule has 0 aromatic heterocycles. The molecule has 0 saturated carbocycles. The highest BCUT2D eigenvalue weighted by Gasteiger charge is 2.27. The van der Waals surface area contributed by atoms with E-state index in [1.54, 1.807) is 6.92 Å². The predicted octanol–water partition coefficient (Wildman–Crippen LogP) is 3.69. The molecule has 0 saturated heterocycles. The summed E-state index contributed by atoms with van der Waals surface area (Å²) in [6.07, 6.45) is -4.27. The van der Waals surface area contributed by atoms with Gasteiger partial charge in [-0.3, -0.25) is 0 Å². The molecule has 0 spiro atoms. The van der Waals surface area contributed by atoms with E-state index in [-0.39, 0.29) is 5.02 Å². The van der Waals surface area contributed by atoms with Crippen molar-refractivity contribution in [2.24, 2.45) is 0 Å². The highest BCUT2D eigenvalue weighted by atomic mass is 35.5. The minimum absolute atomic E-state index is 0.0989. The zero-order valence-electron chi connectivity index (χ0n) is 8.41. The summed E-state index contributed by atoms with van der Waals surface area (Å²) in [5, 5.41) is 2.18. The molecule has 1 nitrogen and oxygen atoms in total. The molecule has 0 aliphatic heterocycles. The second-order valence-corrected chi connectivity index (χ2v) is 3.80. The Balaban J connectivity index is 2.66. The summed E-state index contributed by atoms with van der Waals surface area (Å²) in [4.78, 5) is 0. The lowest BCUT2D eigenvalue weighted by Gasteiger charge is -2.16. The lowest BCUT2D eigenvalue weighted by atomic mass is 10.1. The Morgan fingerprint density at radius 2 is 2.00 bits per heavy atom. The summed E-state index contributed by atoms with van der Waals surface area (Å²) in [5.41, 5.74) is 0.510. The van der Waals surface area contributed by atoms with Crippen LogP contribution in [0, 0.1) is 5.82 Å². The van der Waals surface area contributed by atoms with Crippen molar-refractivity contribution in [3.63, 3.8) is 0 Å². The van der Waals surface area contributed by atoms with E-state index >= 15 is 0 Å². The molecule has 0 amide bonds. The fourth-order valence-corrected chi connectivity index (χ4v) is 1.36. The van der Waals surface area contributed by atoms with Crippen molar-refractivity contribution in [1.29, 1.82) is 0 Å². The van der Waals surface area contributed by atoms with Gasteiger partial charge in [0.25, 0.3) is 0 Å². The first-order valence-electron chi connectivity index (χ1n) is 4.54. The summed E-state index contributed by atoms with van der Waals surface area (Å²) >= 11 is 5.52. The number of hydrogen-bond donors (Lipinski definition) is 1. The fraction of sp³-hybridized carbons (Fsp3) is 0.400. The topological polar surface area (TPSA) is 12.0 Å². The van der Waals surface area contributed by atoms with E-state index in [9.17, 15) is 17.6 Å². The van der Waals surface area contributed by atoms with E-state index in [2.05, 4.69) is 5.32 Å². The first-order valence-corrected chi connectivity index (χ1v) is 4.92. The van der Waals surface area contributed by atoms with Crippen LogP contribution in [-0.4, -0.2) is 12.7 Å². The molecular formula is C10H10ClF4N. The second-order valence-electron chi connectivity index (χ2n) is 3.39. The van der Waals surface area contributed by atoms with Crippen LogP contribution >= 0.6 is 11.6 Å². The summed E-state index contributed by atoms with van der Waals surface area (Å²) < 4.78 is 48.6. The van der Waals surface area contributed by atoms with Crippen LogP contribution in [0.2, 0.25) is 5.02 Å². The van der Waals surface area contributed by atoms with Crippen LogP contribution in [-0.2, 0) is 0 Å². The van der Waals surface area contributed by atoms with Crippen LogP contribution in [0.3, 0.4) is 0 Å². The second kappa shape index (κ2) is 5.01. The molecule has 1 atom stereocenters. The third-order valence-electron chi connectivity index (χ3n) is 2.05. The third kappa shape index (κ3) is 3.98. The van der Waals surface area contributed by atoms with Gasteiger partial charge in [-0.15, -0.1) is 0 Å². The molecule has 1 aromatic carbocycles. The van der Waals surface area contributed by atoms with Crippen molar-refractivity contribution >= 4 is 11.6 Å². The summed E-state index contributed by atoms with van der Waals surface area (Å²) in [6.45, 7) is 0.457. The minimum atomic E-state index is -4.27. The van der Waals surface area contributed by atoms with Crippen LogP contribution in [0.5, 0.6) is 0 Å². The lowest BCUT2D eigenvalue weighted by Crippen LogP contribution is -2.30. The highest BCUT2D eigenvalue weighted by Crippen LogP contribution is 2.21. The van der Waals surface area contributed by atoms with E-state index in [0.717, 1.165) is 6.07 Å². The number of nitrogens with one attached hydrogen (secondary N) is 1. The average molecular weight is 256 g/mol. The lowest BCUT2D eigenvalue weighted by molar-refractivity contribution is -0.126. The maximum atomic E-state index is 12.8. The van der Waals surface area contributed by atoms with Gasteiger partial charge >= 0.3 is 6.18 Å². The van der Waals surface area contributed by atoms with Gasteiger partial charge in [0, 0.05) is 6.04 Å². The normalized spacial score (nSPS) is 13.9. The van der Waals surface area contributed by atoms with E-state index in [1.165, 1.54) is 12.1 Å². The van der Waals surface area contributed by atoms with Gasteiger partial charge in [0.2, 0.25) is 0 Å². The van der Waals surface area contributed by atoms with Gasteiger partial charge in [0.1, 0.15) is 5.82 Å². The van der Waals surface area contributed by atoms with E-state index in [0.29, 0.717) is 5.56 Å². The quantitative estimate of drug-likeness (QED) is 0.812. The molecule has 0 aliphatic carbocycles. The number of rotatable bonds is 3. The molecule has 1 unspecified atom stereocenters. The summed E-state index contributed by atoms with van der Waals surface area (Å²) in [5.74, 6) is -0.589. The van der Waals surface area contributed by atoms with Gasteiger partial charge in [-0.1, -0.05) is 17.7 Å². The number of alkyl halides is 3. The molecule has 0 aliphatic rings. The number of halogens is 5. The first-order chi connectivity index (χ1) is 7.29. The molecule has 0 bridgehead atoms. The van der Waals surface area contributed by atoms with Crippen molar-refractivity contribution in [3.05, 3.63) is 34.6 Å². The minimum Gasteiger partial charge on any atom is -0.302 e. The Morgan fingerprint density at radius 3 is 2.50 bits per heavy atom. The fourth-order valence-electron chi connectivity index (χ4n) is 1.17. The molecule has 1 N–H and O–H groups in total. The van der Waals surface area contributed by atoms with Gasteiger partial charge in [0.15, 0.2) is 0 Å². The molecule has 1 rings (SSSR count). The van der Waals surface area contributed by atoms with Crippen molar-refractivity contribution in [2.75, 3.05) is 6.54 Å². The average Bonchev–Trinajstić information content (AvgIpc) is 2.17. The summed E-state index contributed by atoms with van der Waals surface area (Å²) in [6, 6.07) is 3.30. The van der Waals surface area contributed by atoms with Crippen molar-refractivity contribution < 1.29 is 17.6 Å². The van der Waals surface area contributed by atoms with Gasteiger partial charge in [0.05, 0.1) is 11.6 Å². The Morgan fingerprint density at radius 1 is 1.38 bits per heavy atom. The van der Waals surface area contributed by atoms with Gasteiger partial charge in [-0.2, -0.15) is 13.2 Å². The van der Waals surface area contributed by atoms with Gasteiger partial charge < -0.3 is 5.32 Å². The van der Waals surface area contributed by atoms with E-state index in [1.807, 2.05) is 0 Å². The van der Waals surface area contributed by atoms with E-state index in [4.69, 9.17) is 11.6 Å². The van der Waals surface area contributed by atoms with Crippen molar-refractivity contribution in [2.45, 2.75) is 19.1 Å². The zero-order valence-corrected chi connectivity index (χ0v) is 9.16. The van der Waals surface area contributed by atoms with Crippen molar-refractivity contribution in [1.82, 2.24) is 5.32 Å². The first kappa shape index (κ1) is 13.3. The molecule has 6 heteroatoms. The molecule has 90 valence electrons. The Hall–Kier alpha value is -0.810. The maximum Gasteiger partial charge on any atom is 0.401 e. The SMILES string of the molecule is CC(NCC(F)(F)F)c1ccc(F)c(Cl)c1. The van der Waals surface area contributed by atoms with Crippen LogP contribution in [0.25, 0.3) is 0 Å². The maximum absolute atomic E-state index is 12.8. The van der Waals surface area contributed by atoms with Crippen LogP contribution in [0.4, 0.5) is 17.6 Å². The molecule has 0 heterocycles. The van der Waals surface area contributed by atoms with Crippen molar-refractivity contribution in [3.8, 4) is 0 Å². The monoisotopic (exact) mass is 255 g/mol. The highest BCUT2D eigenvalue weighted by molar-refractivity contribution is 6.30. The molecule has 16 heavy (non-hydrogen) atoms. The van der Waals surface area contributed by atoms with E-state index < -0.39 is 24.6 Å². The smallest absolute Gasteiger partial charge is 0.302 e. The predicted molar refractivity (Wildman–Crippen MR) is 53.9 cm³/mol. The van der Waals surface area contributed by atoms with Gasteiger partial charge in [-0.05, 0) is 24.6 Å². The zero-order chi connectivity index (χ0) is 12.3. The summed E-state index contributed by atoms with van der Waals surface area (Å²) in [7, 11) is 0. The number of benzene rings is 1. The molecular weight excluding hydrogens is 246 g/mol. The molecule has 1 aromatic rings. The Kier molecular flexibility index (Phi) is 4.15. The largest absolute Gasteiger partial charge is 0.401 e. The Bertz CT molecular complexity index is 364. The molecule has 0 radical (unpaired) electrons. The van der Waals surface area contributed by atoms with Crippen LogP contribution in [0.1, 0.15) is 18.5 Å². The van der Waals surface area contributed by atoms with Gasteiger partial charge in [-0.25, -0.2) is 4.39 Å². The van der Waals surface area contributed by atoms with Crippen LogP contribution < -0.4 is 5.32 Å². The van der Waals surface area contributed by atoms with Crippen LogP contribution in [0.15, 0.2) is 18.2 Å². The third-order valence-corrected chi connectivity index (χ3v) is 2.34. The Labute approximate surface area is 95.4 Å².